The standard InChI is InChI=1S/C25H42N2O5Si2/c1-33(2,3)13-11-30-18-27-17-26-24-22(25(27)28)15-21(20-7-9-29-10-8-20)16-23(24)32-19-31-12-14-34(4,5)6/h15-17,20H,7-14,18-19H2,1-6H3. The Bertz CT molecular complexity index is 992. The molecule has 1 fully saturated rings. The first-order valence-corrected chi connectivity index (χ1v) is 19.8. The van der Waals surface area contributed by atoms with E-state index in [-0.39, 0.29) is 19.1 Å². The molecule has 1 saturated heterocycles. The van der Waals surface area contributed by atoms with Crippen molar-refractivity contribution in [2.24, 2.45) is 0 Å². The fraction of sp³-hybridized carbons (Fsp3) is 0.680. The largest absolute Gasteiger partial charge is 0.465 e. The second kappa shape index (κ2) is 11.9. The minimum Gasteiger partial charge on any atom is -0.465 e. The van der Waals surface area contributed by atoms with Gasteiger partial charge in [0.2, 0.25) is 0 Å². The molecule has 0 saturated carbocycles. The Labute approximate surface area is 205 Å². The topological polar surface area (TPSA) is 71.8 Å². The Morgan fingerprint density at radius 2 is 1.65 bits per heavy atom. The summed E-state index contributed by atoms with van der Waals surface area (Å²) in [6.07, 6.45) is 3.43. The zero-order chi connectivity index (χ0) is 24.8. The lowest BCUT2D eigenvalue weighted by atomic mass is 9.90. The van der Waals surface area contributed by atoms with Crippen LogP contribution >= 0.6 is 0 Å². The molecule has 0 unspecified atom stereocenters. The van der Waals surface area contributed by atoms with Gasteiger partial charge in [0, 0.05) is 42.6 Å². The molecule has 0 aliphatic carbocycles. The minimum absolute atomic E-state index is 0.101. The van der Waals surface area contributed by atoms with Gasteiger partial charge in [-0.1, -0.05) is 39.3 Å². The molecule has 0 N–H and O–H groups in total. The second-order valence-electron chi connectivity index (χ2n) is 11.7. The van der Waals surface area contributed by atoms with Crippen LogP contribution in [0.15, 0.2) is 23.3 Å². The number of aromatic nitrogens is 2. The van der Waals surface area contributed by atoms with E-state index in [0.717, 1.165) is 43.7 Å². The van der Waals surface area contributed by atoms with Gasteiger partial charge >= 0.3 is 0 Å². The molecule has 0 amide bonds. The maximum Gasteiger partial charge on any atom is 0.263 e. The van der Waals surface area contributed by atoms with Gasteiger partial charge in [-0.05, 0) is 48.5 Å². The highest BCUT2D eigenvalue weighted by Crippen LogP contribution is 2.33. The van der Waals surface area contributed by atoms with Gasteiger partial charge in [-0.25, -0.2) is 4.98 Å². The first kappa shape index (κ1) is 27.1. The Kier molecular flexibility index (Phi) is 9.51. The van der Waals surface area contributed by atoms with Crippen molar-refractivity contribution in [2.75, 3.05) is 33.2 Å². The van der Waals surface area contributed by atoms with Crippen LogP contribution in [0.4, 0.5) is 0 Å². The van der Waals surface area contributed by atoms with Crippen molar-refractivity contribution in [3.63, 3.8) is 0 Å². The number of fused-ring (bicyclic) bond motifs is 1. The third-order valence-corrected chi connectivity index (χ3v) is 9.54. The van der Waals surface area contributed by atoms with Crippen LogP contribution < -0.4 is 10.3 Å². The summed E-state index contributed by atoms with van der Waals surface area (Å²) in [6, 6.07) is 6.16. The van der Waals surface area contributed by atoms with E-state index in [1.165, 1.54) is 0 Å². The van der Waals surface area contributed by atoms with Crippen LogP contribution in [0.1, 0.15) is 24.3 Å². The molecule has 1 aromatic carbocycles. The molecule has 0 spiro atoms. The van der Waals surface area contributed by atoms with Crippen LogP contribution in [0.2, 0.25) is 51.4 Å². The van der Waals surface area contributed by atoms with Gasteiger partial charge in [-0.3, -0.25) is 9.36 Å². The first-order chi connectivity index (χ1) is 16.0. The van der Waals surface area contributed by atoms with Crippen molar-refractivity contribution < 1.29 is 18.9 Å². The molecule has 0 bridgehead atoms. The zero-order valence-corrected chi connectivity index (χ0v) is 23.8. The summed E-state index contributed by atoms with van der Waals surface area (Å²) in [5.74, 6) is 0.949. The van der Waals surface area contributed by atoms with Crippen molar-refractivity contribution in [1.82, 2.24) is 9.55 Å². The van der Waals surface area contributed by atoms with Crippen LogP contribution in [0.3, 0.4) is 0 Å². The number of hydrogen-bond donors (Lipinski definition) is 0. The summed E-state index contributed by atoms with van der Waals surface area (Å²) < 4.78 is 24.7. The molecule has 9 heteroatoms. The first-order valence-electron chi connectivity index (χ1n) is 12.4. The van der Waals surface area contributed by atoms with Gasteiger partial charge in [0.05, 0.1) is 5.39 Å². The van der Waals surface area contributed by atoms with E-state index < -0.39 is 16.1 Å². The van der Waals surface area contributed by atoms with Gasteiger partial charge in [0.25, 0.3) is 5.56 Å². The number of rotatable bonds is 12. The van der Waals surface area contributed by atoms with Crippen molar-refractivity contribution in [1.29, 1.82) is 0 Å². The lowest BCUT2D eigenvalue weighted by Gasteiger charge is -2.23. The van der Waals surface area contributed by atoms with Crippen molar-refractivity contribution >= 4 is 27.1 Å². The predicted molar refractivity (Wildman–Crippen MR) is 143 cm³/mol. The Morgan fingerprint density at radius 3 is 2.29 bits per heavy atom. The number of nitrogens with zero attached hydrogens (tertiary/aromatic N) is 2. The molecular formula is C25H42N2O5Si2. The van der Waals surface area contributed by atoms with E-state index >= 15 is 0 Å². The van der Waals surface area contributed by atoms with Crippen LogP contribution in [0, 0.1) is 0 Å². The fourth-order valence-corrected chi connectivity index (χ4v) is 5.33. The Morgan fingerprint density at radius 1 is 1.00 bits per heavy atom. The Balaban J connectivity index is 1.80. The molecule has 1 aliphatic heterocycles. The maximum absolute atomic E-state index is 13.3. The molecule has 190 valence electrons. The third kappa shape index (κ3) is 8.30. The lowest BCUT2D eigenvalue weighted by Crippen LogP contribution is -2.25. The molecule has 2 heterocycles. The normalized spacial score (nSPS) is 15.7. The van der Waals surface area contributed by atoms with Crippen molar-refractivity contribution in [3.8, 4) is 5.75 Å². The highest BCUT2D eigenvalue weighted by Gasteiger charge is 2.20. The molecule has 1 aliphatic rings. The lowest BCUT2D eigenvalue weighted by molar-refractivity contribution is 0.0227. The van der Waals surface area contributed by atoms with Crippen LogP contribution in [0.5, 0.6) is 5.75 Å². The SMILES string of the molecule is C[Si](C)(C)CCOCOc1cc(C2CCOCC2)cc2c(=O)n(COCC[Si](C)(C)C)cnc12. The summed E-state index contributed by atoms with van der Waals surface area (Å²) in [4.78, 5) is 17.9. The summed E-state index contributed by atoms with van der Waals surface area (Å²) in [5, 5.41) is 0.567. The van der Waals surface area contributed by atoms with Gasteiger partial charge < -0.3 is 18.9 Å². The van der Waals surface area contributed by atoms with E-state index in [0.29, 0.717) is 35.8 Å². The molecule has 0 radical (unpaired) electrons. The third-order valence-electron chi connectivity index (χ3n) is 6.13. The van der Waals surface area contributed by atoms with Gasteiger partial charge in [-0.15, -0.1) is 0 Å². The average molecular weight is 507 g/mol. The van der Waals surface area contributed by atoms with E-state index in [2.05, 4.69) is 44.3 Å². The molecule has 7 nitrogen and oxygen atoms in total. The Hall–Kier alpha value is -1.53. The predicted octanol–water partition coefficient (Wildman–Crippen LogP) is 5.29. The highest BCUT2D eigenvalue weighted by atomic mass is 28.3. The molecule has 1 aromatic heterocycles. The highest BCUT2D eigenvalue weighted by molar-refractivity contribution is 6.76. The van der Waals surface area contributed by atoms with Crippen molar-refractivity contribution in [2.45, 2.75) is 76.9 Å². The van der Waals surface area contributed by atoms with Crippen LogP contribution in [-0.2, 0) is 20.9 Å². The fourth-order valence-electron chi connectivity index (χ4n) is 3.81. The summed E-state index contributed by atoms with van der Waals surface area (Å²) in [5.41, 5.74) is 1.58. The zero-order valence-electron chi connectivity index (χ0n) is 21.8. The van der Waals surface area contributed by atoms with Gasteiger partial charge in [0.15, 0.2) is 6.79 Å². The van der Waals surface area contributed by atoms with E-state index in [1.54, 1.807) is 10.9 Å². The number of hydrogen-bond acceptors (Lipinski definition) is 6. The smallest absolute Gasteiger partial charge is 0.263 e. The average Bonchev–Trinajstić information content (AvgIpc) is 2.77. The monoisotopic (exact) mass is 506 g/mol. The summed E-state index contributed by atoms with van der Waals surface area (Å²) in [7, 11) is -2.34. The molecule has 0 atom stereocenters. The second-order valence-corrected chi connectivity index (χ2v) is 22.9. The number of benzene rings is 1. The molecule has 3 rings (SSSR count). The van der Waals surface area contributed by atoms with E-state index in [1.807, 2.05) is 12.1 Å². The summed E-state index contributed by atoms with van der Waals surface area (Å²) in [6.45, 7) is 17.1. The summed E-state index contributed by atoms with van der Waals surface area (Å²) >= 11 is 0. The maximum atomic E-state index is 13.3. The van der Waals surface area contributed by atoms with E-state index in [4.69, 9.17) is 18.9 Å². The minimum atomic E-state index is -1.18. The van der Waals surface area contributed by atoms with Crippen LogP contribution in [0.25, 0.3) is 10.9 Å². The molecule has 2 aromatic rings. The quantitative estimate of drug-likeness (QED) is 0.221. The molecular weight excluding hydrogens is 464 g/mol. The van der Waals surface area contributed by atoms with Crippen molar-refractivity contribution in [3.05, 3.63) is 34.4 Å². The molecule has 34 heavy (non-hydrogen) atoms. The number of ether oxygens (including phenoxy) is 4. The van der Waals surface area contributed by atoms with Gasteiger partial charge in [-0.2, -0.15) is 0 Å². The van der Waals surface area contributed by atoms with Crippen LogP contribution in [-0.4, -0.2) is 58.9 Å². The van der Waals surface area contributed by atoms with Gasteiger partial charge in [0.1, 0.15) is 24.3 Å². The van der Waals surface area contributed by atoms with E-state index in [9.17, 15) is 4.79 Å².